The van der Waals surface area contributed by atoms with E-state index in [1.807, 2.05) is 4.90 Å². The maximum absolute atomic E-state index is 15.4. The number of fused-ring (bicyclic) bond motifs is 3. The molecule has 2 saturated heterocycles. The predicted molar refractivity (Wildman–Crippen MR) is 146 cm³/mol. The van der Waals surface area contributed by atoms with Crippen LogP contribution >= 0.6 is 15.9 Å². The van der Waals surface area contributed by atoms with E-state index in [9.17, 15) is 13.6 Å². The molecule has 5 heterocycles. The van der Waals surface area contributed by atoms with Gasteiger partial charge in [-0.3, -0.25) is 14.4 Å². The number of nitrogens with zero attached hydrogens (tertiary/aromatic N) is 7. The molecule has 212 valence electrons. The van der Waals surface area contributed by atoms with E-state index in [-0.39, 0.29) is 39.4 Å². The molecular formula is C27H29BrF3N7O2. The highest BCUT2D eigenvalue weighted by atomic mass is 79.9. The number of rotatable bonds is 5. The largest absolute Gasteiger partial charge is 0.461 e. The summed E-state index contributed by atoms with van der Waals surface area (Å²) in [5.74, 6) is -1.48. The van der Waals surface area contributed by atoms with Gasteiger partial charge in [0.05, 0.1) is 28.6 Å². The first kappa shape index (κ1) is 27.0. The molecule has 2 aromatic heterocycles. The number of aromatic nitrogens is 4. The number of amides is 1. The minimum Gasteiger partial charge on any atom is -0.461 e. The number of aryl methyl sites for hydroxylation is 1. The SMILES string of the molecule is CN(C)C(=O)c1cc2n(n1)CCCN(c1nc(OCC34CCCN3C/C(=C\F)C4)nc3c(F)c(Br)c(F)cc13)C2. The van der Waals surface area contributed by atoms with Crippen LogP contribution in [0.5, 0.6) is 6.01 Å². The molecule has 0 saturated carbocycles. The van der Waals surface area contributed by atoms with Crippen LogP contribution in [0.15, 0.2) is 28.5 Å². The molecule has 0 spiro atoms. The van der Waals surface area contributed by atoms with Crippen LogP contribution in [0.25, 0.3) is 10.9 Å². The molecule has 2 fully saturated rings. The second-order valence-electron chi connectivity index (χ2n) is 10.9. The molecule has 3 aliphatic rings. The number of halogens is 4. The number of carbonyl (C=O) groups is 1. The lowest BCUT2D eigenvalue weighted by molar-refractivity contribution is 0.0821. The summed E-state index contributed by atoms with van der Waals surface area (Å²) in [5.41, 5.74) is 1.42. The maximum atomic E-state index is 15.4. The van der Waals surface area contributed by atoms with Crippen molar-refractivity contribution in [2.45, 2.75) is 44.3 Å². The smallest absolute Gasteiger partial charge is 0.319 e. The molecule has 3 aliphatic heterocycles. The first-order valence-corrected chi connectivity index (χ1v) is 14.0. The zero-order chi connectivity index (χ0) is 28.2. The highest BCUT2D eigenvalue weighted by molar-refractivity contribution is 9.10. The Morgan fingerprint density at radius 1 is 1.18 bits per heavy atom. The number of ether oxygens (including phenoxy) is 1. The first-order chi connectivity index (χ1) is 19.2. The van der Waals surface area contributed by atoms with E-state index in [0.717, 1.165) is 30.7 Å². The maximum Gasteiger partial charge on any atom is 0.319 e. The van der Waals surface area contributed by atoms with Gasteiger partial charge in [-0.05, 0) is 65.9 Å². The van der Waals surface area contributed by atoms with Crippen LogP contribution < -0.4 is 9.64 Å². The number of hydrogen-bond donors (Lipinski definition) is 0. The lowest BCUT2D eigenvalue weighted by atomic mass is 9.94. The summed E-state index contributed by atoms with van der Waals surface area (Å²) in [4.78, 5) is 27.1. The van der Waals surface area contributed by atoms with Crippen LogP contribution in [-0.4, -0.2) is 81.3 Å². The van der Waals surface area contributed by atoms with E-state index < -0.39 is 11.6 Å². The quantitative estimate of drug-likeness (QED) is 0.390. The molecule has 1 atom stereocenters. The Morgan fingerprint density at radius 2 is 2.00 bits per heavy atom. The molecule has 1 unspecified atom stereocenters. The molecule has 40 heavy (non-hydrogen) atoms. The highest BCUT2D eigenvalue weighted by Gasteiger charge is 2.47. The topological polar surface area (TPSA) is 79.6 Å². The molecular weight excluding hydrogens is 591 g/mol. The van der Waals surface area contributed by atoms with Crippen LogP contribution in [-0.2, 0) is 13.1 Å². The standard InChI is InChI=1S/C27H29BrF3N7O2/c1-35(2)25(39)20-9-17-14-36(6-4-8-38(17)34-20)24-18-10-19(30)21(28)22(31)23(18)32-26(33-24)40-15-27-5-3-7-37(27)13-16(11-27)12-29/h9-10,12H,3-8,11,13-15H2,1-2H3/b16-12-. The minimum absolute atomic E-state index is 0.0277. The van der Waals surface area contributed by atoms with Gasteiger partial charge in [0.25, 0.3) is 5.91 Å². The van der Waals surface area contributed by atoms with E-state index in [1.165, 1.54) is 11.0 Å². The Bertz CT molecular complexity index is 1530. The third-order valence-electron chi connectivity index (χ3n) is 8.04. The van der Waals surface area contributed by atoms with E-state index in [4.69, 9.17) is 4.74 Å². The van der Waals surface area contributed by atoms with Gasteiger partial charge in [-0.15, -0.1) is 0 Å². The molecule has 1 aromatic carbocycles. The predicted octanol–water partition coefficient (Wildman–Crippen LogP) is 4.45. The van der Waals surface area contributed by atoms with Crippen molar-refractivity contribution in [1.29, 1.82) is 0 Å². The highest BCUT2D eigenvalue weighted by Crippen LogP contribution is 2.42. The van der Waals surface area contributed by atoms with Crippen molar-refractivity contribution >= 4 is 38.6 Å². The average molecular weight is 620 g/mol. The van der Waals surface area contributed by atoms with Crippen molar-refractivity contribution in [3.8, 4) is 6.01 Å². The van der Waals surface area contributed by atoms with E-state index in [0.29, 0.717) is 56.9 Å². The molecule has 13 heteroatoms. The number of anilines is 1. The number of carbonyl (C=O) groups excluding carboxylic acids is 1. The van der Waals surface area contributed by atoms with Crippen molar-refractivity contribution in [3.63, 3.8) is 0 Å². The lowest BCUT2D eigenvalue weighted by Gasteiger charge is -2.31. The minimum atomic E-state index is -0.841. The first-order valence-electron chi connectivity index (χ1n) is 13.2. The Kier molecular flexibility index (Phi) is 6.97. The lowest BCUT2D eigenvalue weighted by Crippen LogP contribution is -2.43. The van der Waals surface area contributed by atoms with Gasteiger partial charge in [0.15, 0.2) is 11.5 Å². The Labute approximate surface area is 237 Å². The third-order valence-corrected chi connectivity index (χ3v) is 8.77. The van der Waals surface area contributed by atoms with Gasteiger partial charge in [0.1, 0.15) is 23.8 Å². The second kappa shape index (κ2) is 10.3. The summed E-state index contributed by atoms with van der Waals surface area (Å²) < 4.78 is 51.0. The molecule has 0 radical (unpaired) electrons. The van der Waals surface area contributed by atoms with E-state index in [2.05, 4.69) is 35.9 Å². The summed E-state index contributed by atoms with van der Waals surface area (Å²) in [5, 5.41) is 4.69. The van der Waals surface area contributed by atoms with E-state index in [1.54, 1.807) is 24.8 Å². The molecule has 0 aliphatic carbocycles. The number of benzene rings is 1. The van der Waals surface area contributed by atoms with Gasteiger partial charge in [-0.25, -0.2) is 13.2 Å². The Balaban J connectivity index is 1.37. The van der Waals surface area contributed by atoms with Crippen LogP contribution in [0.4, 0.5) is 19.0 Å². The summed E-state index contributed by atoms with van der Waals surface area (Å²) in [6.45, 7) is 3.07. The van der Waals surface area contributed by atoms with Crippen molar-refractivity contribution in [1.82, 2.24) is 29.5 Å². The van der Waals surface area contributed by atoms with Crippen molar-refractivity contribution in [2.75, 3.05) is 45.2 Å². The fraction of sp³-hybridized carbons (Fsp3) is 0.481. The van der Waals surface area contributed by atoms with Crippen LogP contribution in [0.2, 0.25) is 0 Å². The van der Waals surface area contributed by atoms with Gasteiger partial charge in [-0.1, -0.05) is 0 Å². The normalized spacial score (nSPS) is 22.1. The summed E-state index contributed by atoms with van der Waals surface area (Å²) in [6.07, 6.45) is 3.73. The summed E-state index contributed by atoms with van der Waals surface area (Å²) in [6, 6.07) is 2.93. The van der Waals surface area contributed by atoms with Crippen molar-refractivity contribution in [3.05, 3.63) is 51.5 Å². The monoisotopic (exact) mass is 619 g/mol. The van der Waals surface area contributed by atoms with Crippen molar-refractivity contribution in [2.24, 2.45) is 0 Å². The summed E-state index contributed by atoms with van der Waals surface area (Å²) in [7, 11) is 3.33. The van der Waals surface area contributed by atoms with Crippen LogP contribution in [0.3, 0.4) is 0 Å². The Hall–Kier alpha value is -3.19. The van der Waals surface area contributed by atoms with Gasteiger partial charge in [0.2, 0.25) is 0 Å². The fourth-order valence-electron chi connectivity index (χ4n) is 6.07. The van der Waals surface area contributed by atoms with Gasteiger partial charge >= 0.3 is 6.01 Å². The molecule has 3 aromatic rings. The zero-order valence-electron chi connectivity index (χ0n) is 22.3. The third kappa shape index (κ3) is 4.62. The number of hydrogen-bond acceptors (Lipinski definition) is 7. The molecule has 1 amide bonds. The average Bonchev–Trinajstić information content (AvgIpc) is 3.58. The summed E-state index contributed by atoms with van der Waals surface area (Å²) >= 11 is 2.99. The second-order valence-corrected chi connectivity index (χ2v) is 11.7. The zero-order valence-corrected chi connectivity index (χ0v) is 23.8. The fourth-order valence-corrected chi connectivity index (χ4v) is 6.37. The molecule has 0 N–H and O–H groups in total. The Morgan fingerprint density at radius 3 is 2.77 bits per heavy atom. The van der Waals surface area contributed by atoms with Crippen LogP contribution in [0.1, 0.15) is 41.9 Å². The van der Waals surface area contributed by atoms with Gasteiger partial charge in [0, 0.05) is 39.1 Å². The van der Waals surface area contributed by atoms with E-state index >= 15 is 4.39 Å². The van der Waals surface area contributed by atoms with Gasteiger partial charge < -0.3 is 14.5 Å². The van der Waals surface area contributed by atoms with Gasteiger partial charge in [-0.2, -0.15) is 15.1 Å². The van der Waals surface area contributed by atoms with Crippen molar-refractivity contribution < 1.29 is 22.7 Å². The van der Waals surface area contributed by atoms with Crippen LogP contribution in [0, 0.1) is 11.6 Å². The molecule has 6 rings (SSSR count). The molecule has 0 bridgehead atoms. The molecule has 9 nitrogen and oxygen atoms in total.